The number of fused-ring (bicyclic) bond motifs is 13. The monoisotopic (exact) mass is 661 g/mol. The lowest BCUT2D eigenvalue weighted by molar-refractivity contribution is 0.714. The maximum absolute atomic E-state index is 2.45. The maximum atomic E-state index is 2.45. The number of nitrogens with zero attached hydrogens (tertiary/aromatic N) is 1. The van der Waals surface area contributed by atoms with Gasteiger partial charge in [-0.25, -0.2) is 0 Å². The van der Waals surface area contributed by atoms with Crippen molar-refractivity contribution in [2.24, 2.45) is 0 Å². The number of para-hydroxylation sites is 1. The fourth-order valence-electron chi connectivity index (χ4n) is 9.95. The van der Waals surface area contributed by atoms with Crippen molar-refractivity contribution in [2.75, 3.05) is 4.90 Å². The van der Waals surface area contributed by atoms with E-state index in [2.05, 4.69) is 206 Å². The van der Waals surface area contributed by atoms with Gasteiger partial charge in [-0.15, -0.1) is 0 Å². The van der Waals surface area contributed by atoms with Crippen LogP contribution >= 0.6 is 0 Å². The second-order valence-electron chi connectivity index (χ2n) is 14.6. The second-order valence-corrected chi connectivity index (χ2v) is 14.6. The quantitative estimate of drug-likeness (QED) is 0.181. The molecule has 8 aromatic rings. The Bertz CT molecular complexity index is 2660. The SMILES string of the molecule is CC1(c2ccccc2)c2ccccc2-c2ccc(N(c3ccccc3)c3ccc4c(c3)-c3ccccc3C43c4ccccc4-c4ccccc43)cc21. The average Bonchev–Trinajstić information content (AvgIpc) is 3.78. The third-order valence-corrected chi connectivity index (χ3v) is 12.2. The highest BCUT2D eigenvalue weighted by Crippen LogP contribution is 2.63. The topological polar surface area (TPSA) is 3.24 Å². The Kier molecular flexibility index (Phi) is 6.08. The van der Waals surface area contributed by atoms with Gasteiger partial charge in [-0.2, -0.15) is 0 Å². The molecule has 0 radical (unpaired) electrons. The zero-order chi connectivity index (χ0) is 34.4. The molecule has 52 heavy (non-hydrogen) atoms. The van der Waals surface area contributed by atoms with Crippen LogP contribution in [0.3, 0.4) is 0 Å². The minimum absolute atomic E-state index is 0.280. The molecule has 1 spiro atoms. The smallest absolute Gasteiger partial charge is 0.0725 e. The van der Waals surface area contributed by atoms with Gasteiger partial charge in [0.2, 0.25) is 0 Å². The first kappa shape index (κ1) is 29.3. The van der Waals surface area contributed by atoms with Crippen LogP contribution in [0.4, 0.5) is 17.1 Å². The van der Waals surface area contributed by atoms with Crippen molar-refractivity contribution in [3.05, 3.63) is 233 Å². The first-order chi connectivity index (χ1) is 25.7. The van der Waals surface area contributed by atoms with Gasteiger partial charge in [0.1, 0.15) is 0 Å². The highest BCUT2D eigenvalue weighted by molar-refractivity contribution is 5.97. The molecular weight excluding hydrogens is 627 g/mol. The molecule has 0 heterocycles. The Morgan fingerprint density at radius 2 is 0.731 bits per heavy atom. The number of anilines is 3. The molecule has 0 saturated heterocycles. The van der Waals surface area contributed by atoms with Crippen molar-refractivity contribution in [3.8, 4) is 33.4 Å². The summed E-state index contributed by atoms with van der Waals surface area (Å²) < 4.78 is 0. The number of hydrogen-bond donors (Lipinski definition) is 0. The molecule has 0 amide bonds. The van der Waals surface area contributed by atoms with E-state index >= 15 is 0 Å². The first-order valence-electron chi connectivity index (χ1n) is 18.3. The molecule has 3 aliphatic rings. The summed E-state index contributed by atoms with van der Waals surface area (Å²) in [4.78, 5) is 2.44. The summed E-state index contributed by atoms with van der Waals surface area (Å²) in [5.41, 5.74) is 20.1. The minimum Gasteiger partial charge on any atom is -0.310 e. The standard InChI is InChI=1S/C51H35N/c1-50(34-16-4-2-5-17-34)44-24-12-8-20-38(44)42-30-28-37(33-49(42)50)52(35-18-6-3-7-19-35)36-29-31-48-43(32-36)41-23-11-15-27-47(41)51(48)45-25-13-9-21-39(45)40-22-10-14-26-46(40)51/h2-33H,1H3. The molecule has 3 aliphatic carbocycles. The van der Waals surface area contributed by atoms with Crippen molar-refractivity contribution >= 4 is 17.1 Å². The lowest BCUT2D eigenvalue weighted by atomic mass is 9.70. The molecule has 1 unspecified atom stereocenters. The van der Waals surface area contributed by atoms with Gasteiger partial charge in [0, 0.05) is 22.5 Å². The molecule has 0 aliphatic heterocycles. The summed E-state index contributed by atoms with van der Waals surface area (Å²) in [7, 11) is 0. The third kappa shape index (κ3) is 3.72. The molecule has 0 aromatic heterocycles. The van der Waals surface area contributed by atoms with E-state index in [1.165, 1.54) is 72.3 Å². The van der Waals surface area contributed by atoms with Crippen LogP contribution in [0.2, 0.25) is 0 Å². The summed E-state index contributed by atoms with van der Waals surface area (Å²) in [5.74, 6) is 0. The Labute approximate surface area is 305 Å². The lowest BCUT2D eigenvalue weighted by Gasteiger charge is -2.32. The average molecular weight is 662 g/mol. The summed E-state index contributed by atoms with van der Waals surface area (Å²) in [6.07, 6.45) is 0. The minimum atomic E-state index is -0.355. The van der Waals surface area contributed by atoms with Crippen LogP contribution in [0, 0.1) is 0 Å². The third-order valence-electron chi connectivity index (χ3n) is 12.2. The fourth-order valence-corrected chi connectivity index (χ4v) is 9.95. The van der Waals surface area contributed by atoms with Gasteiger partial charge >= 0.3 is 0 Å². The van der Waals surface area contributed by atoms with Gasteiger partial charge in [-0.3, -0.25) is 0 Å². The Balaban J connectivity index is 1.14. The van der Waals surface area contributed by atoms with Crippen molar-refractivity contribution in [1.82, 2.24) is 0 Å². The summed E-state index contributed by atoms with van der Waals surface area (Å²) >= 11 is 0. The fraction of sp³-hybridized carbons (Fsp3) is 0.0588. The normalized spacial score (nSPS) is 16.4. The molecule has 1 nitrogen and oxygen atoms in total. The molecule has 0 fully saturated rings. The zero-order valence-corrected chi connectivity index (χ0v) is 28.9. The Morgan fingerprint density at radius 1 is 0.308 bits per heavy atom. The van der Waals surface area contributed by atoms with E-state index in [4.69, 9.17) is 0 Å². The van der Waals surface area contributed by atoms with E-state index in [9.17, 15) is 0 Å². The van der Waals surface area contributed by atoms with Gasteiger partial charge in [-0.1, -0.05) is 158 Å². The molecule has 0 N–H and O–H groups in total. The van der Waals surface area contributed by atoms with Crippen LogP contribution in [0.15, 0.2) is 194 Å². The van der Waals surface area contributed by atoms with E-state index in [0.29, 0.717) is 0 Å². The largest absolute Gasteiger partial charge is 0.310 e. The number of benzene rings is 8. The van der Waals surface area contributed by atoms with Crippen molar-refractivity contribution < 1.29 is 0 Å². The Hall–Kier alpha value is -6.44. The Morgan fingerprint density at radius 3 is 1.35 bits per heavy atom. The molecule has 244 valence electrons. The van der Waals surface area contributed by atoms with Crippen LogP contribution in [-0.4, -0.2) is 0 Å². The molecule has 8 aromatic carbocycles. The van der Waals surface area contributed by atoms with Gasteiger partial charge in [0.05, 0.1) is 5.41 Å². The van der Waals surface area contributed by atoms with Crippen LogP contribution in [-0.2, 0) is 10.8 Å². The van der Waals surface area contributed by atoms with Gasteiger partial charge in [0.15, 0.2) is 0 Å². The summed E-state index contributed by atoms with van der Waals surface area (Å²) in [5, 5.41) is 0. The van der Waals surface area contributed by atoms with Crippen LogP contribution in [0.25, 0.3) is 33.4 Å². The summed E-state index contributed by atoms with van der Waals surface area (Å²) in [6.45, 7) is 2.40. The molecular formula is C51H35N. The van der Waals surface area contributed by atoms with Crippen LogP contribution < -0.4 is 4.90 Å². The molecule has 1 atom stereocenters. The zero-order valence-electron chi connectivity index (χ0n) is 28.9. The second kappa shape index (κ2) is 10.8. The van der Waals surface area contributed by atoms with Crippen LogP contribution in [0.1, 0.15) is 45.9 Å². The van der Waals surface area contributed by atoms with Crippen molar-refractivity contribution in [3.63, 3.8) is 0 Å². The molecule has 1 heteroatoms. The van der Waals surface area contributed by atoms with Crippen molar-refractivity contribution in [1.29, 1.82) is 0 Å². The van der Waals surface area contributed by atoms with Crippen molar-refractivity contribution in [2.45, 2.75) is 17.8 Å². The van der Waals surface area contributed by atoms with Gasteiger partial charge in [-0.05, 0) is 116 Å². The van der Waals surface area contributed by atoms with E-state index in [0.717, 1.165) is 17.1 Å². The highest BCUT2D eigenvalue weighted by Gasteiger charge is 2.51. The molecule has 0 bridgehead atoms. The first-order valence-corrected chi connectivity index (χ1v) is 18.3. The van der Waals surface area contributed by atoms with E-state index in [-0.39, 0.29) is 10.8 Å². The molecule has 0 saturated carbocycles. The van der Waals surface area contributed by atoms with E-state index in [1.807, 2.05) is 0 Å². The summed E-state index contributed by atoms with van der Waals surface area (Å²) in [6, 6.07) is 72.2. The predicted octanol–water partition coefficient (Wildman–Crippen LogP) is 12.8. The van der Waals surface area contributed by atoms with Gasteiger partial charge in [0.25, 0.3) is 0 Å². The van der Waals surface area contributed by atoms with Crippen LogP contribution in [0.5, 0.6) is 0 Å². The molecule has 11 rings (SSSR count). The van der Waals surface area contributed by atoms with Gasteiger partial charge < -0.3 is 4.90 Å². The number of rotatable bonds is 4. The number of hydrogen-bond acceptors (Lipinski definition) is 1. The van der Waals surface area contributed by atoms with E-state index in [1.54, 1.807) is 0 Å². The maximum Gasteiger partial charge on any atom is 0.0725 e. The highest BCUT2D eigenvalue weighted by atomic mass is 15.1. The predicted molar refractivity (Wildman–Crippen MR) is 215 cm³/mol. The van der Waals surface area contributed by atoms with E-state index < -0.39 is 0 Å². The lowest BCUT2D eigenvalue weighted by Crippen LogP contribution is -2.25.